The van der Waals surface area contributed by atoms with Crippen molar-refractivity contribution in [1.29, 1.82) is 0 Å². The maximum atomic E-state index is 13.0. The van der Waals surface area contributed by atoms with Crippen molar-refractivity contribution in [2.45, 2.75) is 31.8 Å². The molecule has 4 heteroatoms. The number of hydrogen-bond acceptors (Lipinski definition) is 1. The summed E-state index contributed by atoms with van der Waals surface area (Å²) in [6.07, 6.45) is 3.35. The van der Waals surface area contributed by atoms with Crippen LogP contribution < -0.4 is 5.32 Å². The second-order valence-corrected chi connectivity index (χ2v) is 6.60. The number of H-pyrrole nitrogens is 1. The molecule has 1 aliphatic carbocycles. The van der Waals surface area contributed by atoms with Crippen LogP contribution in [0, 0.1) is 5.82 Å². The second-order valence-electron chi connectivity index (χ2n) is 6.16. The van der Waals surface area contributed by atoms with Crippen LogP contribution in [-0.4, -0.2) is 4.98 Å². The number of aromatic nitrogens is 1. The Morgan fingerprint density at radius 3 is 2.83 bits per heavy atom. The third-order valence-corrected chi connectivity index (χ3v) is 4.87. The third kappa shape index (κ3) is 2.87. The molecule has 4 rings (SSSR count). The summed E-state index contributed by atoms with van der Waals surface area (Å²) in [4.78, 5) is 3.56. The smallest absolute Gasteiger partial charge is 0.123 e. The number of halogens is 2. The van der Waals surface area contributed by atoms with Crippen LogP contribution in [0.5, 0.6) is 0 Å². The molecule has 2 aromatic carbocycles. The quantitative estimate of drug-likeness (QED) is 0.685. The minimum Gasteiger partial charge on any atom is -0.357 e. The highest BCUT2D eigenvalue weighted by Gasteiger charge is 2.23. The molecule has 0 bridgehead atoms. The molecule has 0 amide bonds. The maximum absolute atomic E-state index is 13.0. The number of hydrogen-bond donors (Lipinski definition) is 2. The number of aryl methyl sites for hydroxylation is 1. The lowest BCUT2D eigenvalue weighted by atomic mass is 9.91. The highest BCUT2D eigenvalue weighted by molar-refractivity contribution is 6.31. The summed E-state index contributed by atoms with van der Waals surface area (Å²) in [7, 11) is 0. The summed E-state index contributed by atoms with van der Waals surface area (Å²) < 4.78 is 13.0. The van der Waals surface area contributed by atoms with E-state index in [1.54, 1.807) is 0 Å². The monoisotopic (exact) mass is 328 g/mol. The lowest BCUT2D eigenvalue weighted by Crippen LogP contribution is -2.24. The van der Waals surface area contributed by atoms with E-state index >= 15 is 0 Å². The molecule has 2 N–H and O–H groups in total. The largest absolute Gasteiger partial charge is 0.357 e. The molecule has 0 spiro atoms. The van der Waals surface area contributed by atoms with Gasteiger partial charge in [-0.2, -0.15) is 0 Å². The van der Waals surface area contributed by atoms with Crippen molar-refractivity contribution in [3.8, 4) is 0 Å². The van der Waals surface area contributed by atoms with E-state index in [2.05, 4.69) is 16.4 Å². The Morgan fingerprint density at radius 2 is 2.00 bits per heavy atom. The van der Waals surface area contributed by atoms with Crippen LogP contribution in [0.3, 0.4) is 0 Å². The van der Waals surface area contributed by atoms with Gasteiger partial charge in [0.05, 0.1) is 0 Å². The van der Waals surface area contributed by atoms with Gasteiger partial charge < -0.3 is 10.3 Å². The minimum atomic E-state index is -0.193. The van der Waals surface area contributed by atoms with E-state index in [1.165, 1.54) is 28.8 Å². The van der Waals surface area contributed by atoms with Gasteiger partial charge in [-0.15, -0.1) is 0 Å². The molecule has 1 atom stereocenters. The van der Waals surface area contributed by atoms with Crippen molar-refractivity contribution in [2.24, 2.45) is 0 Å². The van der Waals surface area contributed by atoms with Gasteiger partial charge in [-0.3, -0.25) is 0 Å². The normalized spacial score (nSPS) is 17.4. The third-order valence-electron chi connectivity index (χ3n) is 4.64. The molecular weight excluding hydrogens is 311 g/mol. The van der Waals surface area contributed by atoms with Crippen molar-refractivity contribution >= 4 is 22.5 Å². The average Bonchev–Trinajstić information content (AvgIpc) is 2.93. The van der Waals surface area contributed by atoms with E-state index in [9.17, 15) is 4.39 Å². The average molecular weight is 329 g/mol. The van der Waals surface area contributed by atoms with E-state index in [0.29, 0.717) is 6.04 Å². The number of benzene rings is 2. The Labute approximate surface area is 139 Å². The summed E-state index contributed by atoms with van der Waals surface area (Å²) in [6, 6.07) is 13.0. The zero-order valence-electron chi connectivity index (χ0n) is 12.7. The zero-order chi connectivity index (χ0) is 15.8. The summed E-state index contributed by atoms with van der Waals surface area (Å²) in [5.74, 6) is -0.193. The molecule has 1 heterocycles. The molecule has 0 aliphatic heterocycles. The van der Waals surface area contributed by atoms with Gasteiger partial charge in [0, 0.05) is 34.2 Å². The molecule has 23 heavy (non-hydrogen) atoms. The molecular formula is C19H18ClFN2. The van der Waals surface area contributed by atoms with Gasteiger partial charge in [0.15, 0.2) is 0 Å². The van der Waals surface area contributed by atoms with Crippen molar-refractivity contribution in [3.05, 3.63) is 70.1 Å². The van der Waals surface area contributed by atoms with Crippen LogP contribution >= 0.6 is 11.6 Å². The molecule has 2 nitrogen and oxygen atoms in total. The first-order valence-electron chi connectivity index (χ1n) is 7.98. The fourth-order valence-corrected chi connectivity index (χ4v) is 3.65. The Hall–Kier alpha value is -1.84. The first-order chi connectivity index (χ1) is 11.2. The number of fused-ring (bicyclic) bond motifs is 3. The summed E-state index contributed by atoms with van der Waals surface area (Å²) in [5, 5.41) is 5.62. The lowest BCUT2D eigenvalue weighted by molar-refractivity contribution is 0.452. The Kier molecular flexibility index (Phi) is 3.83. The summed E-state index contributed by atoms with van der Waals surface area (Å²) >= 11 is 6.15. The van der Waals surface area contributed by atoms with Crippen molar-refractivity contribution in [1.82, 2.24) is 10.3 Å². The topological polar surface area (TPSA) is 27.8 Å². The molecule has 118 valence electrons. The van der Waals surface area contributed by atoms with Crippen LogP contribution in [0.1, 0.15) is 35.7 Å². The molecule has 0 saturated heterocycles. The van der Waals surface area contributed by atoms with Crippen LogP contribution in [0.2, 0.25) is 5.02 Å². The van der Waals surface area contributed by atoms with E-state index in [0.717, 1.165) is 41.9 Å². The van der Waals surface area contributed by atoms with E-state index < -0.39 is 0 Å². The van der Waals surface area contributed by atoms with E-state index in [-0.39, 0.29) is 5.82 Å². The standard InChI is InChI=1S/C19H18ClFN2/c20-13-6-9-17-16(10-13)15-2-1-3-18(19(15)23-17)22-11-12-4-7-14(21)8-5-12/h4-10,18,22-23H,1-3,11H2. The Bertz CT molecular complexity index is 838. The number of aromatic amines is 1. The highest BCUT2D eigenvalue weighted by Crippen LogP contribution is 2.35. The van der Waals surface area contributed by atoms with Gasteiger partial charge in [0.25, 0.3) is 0 Å². The highest BCUT2D eigenvalue weighted by atomic mass is 35.5. The van der Waals surface area contributed by atoms with Gasteiger partial charge in [-0.05, 0) is 60.7 Å². The molecule has 1 aliphatic rings. The predicted octanol–water partition coefficient (Wildman–Crippen LogP) is 5.13. The molecule has 1 unspecified atom stereocenters. The van der Waals surface area contributed by atoms with Gasteiger partial charge in [-0.1, -0.05) is 23.7 Å². The maximum Gasteiger partial charge on any atom is 0.123 e. The van der Waals surface area contributed by atoms with Crippen LogP contribution in [-0.2, 0) is 13.0 Å². The molecule has 0 saturated carbocycles. The van der Waals surface area contributed by atoms with Crippen LogP contribution in [0.25, 0.3) is 10.9 Å². The molecule has 0 radical (unpaired) electrons. The zero-order valence-corrected chi connectivity index (χ0v) is 13.5. The predicted molar refractivity (Wildman–Crippen MR) is 92.2 cm³/mol. The fraction of sp³-hybridized carbons (Fsp3) is 0.263. The molecule has 0 fully saturated rings. The first-order valence-corrected chi connectivity index (χ1v) is 8.36. The van der Waals surface area contributed by atoms with Crippen molar-refractivity contribution in [2.75, 3.05) is 0 Å². The van der Waals surface area contributed by atoms with Gasteiger partial charge >= 0.3 is 0 Å². The van der Waals surface area contributed by atoms with E-state index in [1.807, 2.05) is 24.3 Å². The molecule has 3 aromatic rings. The van der Waals surface area contributed by atoms with Crippen LogP contribution in [0.4, 0.5) is 4.39 Å². The minimum absolute atomic E-state index is 0.193. The summed E-state index contributed by atoms with van der Waals surface area (Å²) in [6.45, 7) is 0.737. The van der Waals surface area contributed by atoms with Gasteiger partial charge in [0.2, 0.25) is 0 Å². The van der Waals surface area contributed by atoms with Gasteiger partial charge in [-0.25, -0.2) is 4.39 Å². The Balaban J connectivity index is 1.60. The molecule has 1 aromatic heterocycles. The van der Waals surface area contributed by atoms with Gasteiger partial charge in [0.1, 0.15) is 5.82 Å². The second kappa shape index (κ2) is 5.99. The number of rotatable bonds is 3. The SMILES string of the molecule is Fc1ccc(CNC2CCCc3c2[nH]c2ccc(Cl)cc32)cc1. The van der Waals surface area contributed by atoms with Crippen LogP contribution in [0.15, 0.2) is 42.5 Å². The Morgan fingerprint density at radius 1 is 1.17 bits per heavy atom. The summed E-state index contributed by atoms with van der Waals surface area (Å²) in [5.41, 5.74) is 4.90. The first kappa shape index (κ1) is 14.7. The lowest BCUT2D eigenvalue weighted by Gasteiger charge is -2.24. The fourth-order valence-electron chi connectivity index (χ4n) is 3.48. The van der Waals surface area contributed by atoms with Crippen molar-refractivity contribution in [3.63, 3.8) is 0 Å². The van der Waals surface area contributed by atoms with E-state index in [4.69, 9.17) is 11.6 Å². The number of nitrogens with one attached hydrogen (secondary N) is 2. The van der Waals surface area contributed by atoms with Crippen molar-refractivity contribution < 1.29 is 4.39 Å².